The Bertz CT molecular complexity index is 631. The van der Waals surface area contributed by atoms with Gasteiger partial charge in [-0.2, -0.15) is 0 Å². The summed E-state index contributed by atoms with van der Waals surface area (Å²) in [6.45, 7) is 1.46. The minimum atomic E-state index is -0.142. The first kappa shape index (κ1) is 13.7. The fraction of sp³-hybridized carbons (Fsp3) is 0.0625. The number of ketones is 1. The zero-order valence-corrected chi connectivity index (χ0v) is 11.0. The Morgan fingerprint density at radius 2 is 1.85 bits per heavy atom. The molecule has 1 aromatic heterocycles. The number of pyridine rings is 1. The molecular formula is C16H14N2O2. The van der Waals surface area contributed by atoms with Gasteiger partial charge < -0.3 is 5.32 Å². The molecule has 0 aliphatic heterocycles. The Balaban J connectivity index is 2.04. The van der Waals surface area contributed by atoms with E-state index in [1.165, 1.54) is 13.0 Å². The number of allylic oxidation sites excluding steroid dienone is 1. The predicted molar refractivity (Wildman–Crippen MR) is 78.3 cm³/mol. The van der Waals surface area contributed by atoms with Gasteiger partial charge in [0.05, 0.1) is 0 Å². The highest BCUT2D eigenvalue weighted by Gasteiger charge is 2.01. The number of hydrogen-bond acceptors (Lipinski definition) is 3. The van der Waals surface area contributed by atoms with Crippen LogP contribution in [0.2, 0.25) is 0 Å². The lowest BCUT2D eigenvalue weighted by atomic mass is 10.1. The number of hydrogen-bond donors (Lipinski definition) is 1. The molecule has 0 saturated heterocycles. The van der Waals surface area contributed by atoms with Gasteiger partial charge >= 0.3 is 0 Å². The van der Waals surface area contributed by atoms with Gasteiger partial charge in [0.1, 0.15) is 5.69 Å². The van der Waals surface area contributed by atoms with Gasteiger partial charge in [-0.3, -0.25) is 14.6 Å². The number of nitrogens with zero attached hydrogens (tertiary/aromatic N) is 1. The summed E-state index contributed by atoms with van der Waals surface area (Å²) in [6, 6.07) is 12.4. The monoisotopic (exact) mass is 266 g/mol. The Hall–Kier alpha value is -2.75. The molecule has 0 saturated carbocycles. The second kappa shape index (κ2) is 6.43. The summed E-state index contributed by atoms with van der Waals surface area (Å²) >= 11 is 0. The van der Waals surface area contributed by atoms with Gasteiger partial charge in [-0.1, -0.05) is 24.3 Å². The van der Waals surface area contributed by atoms with E-state index in [-0.39, 0.29) is 11.7 Å². The second-order valence-electron chi connectivity index (χ2n) is 4.22. The van der Waals surface area contributed by atoms with Gasteiger partial charge in [0.15, 0.2) is 0 Å². The molecule has 100 valence electrons. The maximum Gasteiger partial charge on any atom is 0.221 e. The highest BCUT2D eigenvalue weighted by Crippen LogP contribution is 2.11. The van der Waals surface area contributed by atoms with E-state index in [0.717, 1.165) is 11.3 Å². The van der Waals surface area contributed by atoms with Crippen molar-refractivity contribution in [1.29, 1.82) is 0 Å². The minimum Gasteiger partial charge on any atom is -0.326 e. The van der Waals surface area contributed by atoms with Gasteiger partial charge in [-0.05, 0) is 35.9 Å². The summed E-state index contributed by atoms with van der Waals surface area (Å²) in [5.41, 5.74) is 2.02. The third-order valence-corrected chi connectivity index (χ3v) is 2.58. The van der Waals surface area contributed by atoms with Crippen molar-refractivity contribution in [1.82, 2.24) is 4.98 Å². The highest BCUT2D eigenvalue weighted by molar-refractivity contribution is 6.05. The zero-order valence-electron chi connectivity index (χ0n) is 11.0. The lowest BCUT2D eigenvalue weighted by molar-refractivity contribution is -0.114. The fourth-order valence-electron chi connectivity index (χ4n) is 1.65. The van der Waals surface area contributed by atoms with Gasteiger partial charge in [-0.25, -0.2) is 0 Å². The fourth-order valence-corrected chi connectivity index (χ4v) is 1.65. The molecular weight excluding hydrogens is 252 g/mol. The summed E-state index contributed by atoms with van der Waals surface area (Å²) in [4.78, 5) is 26.7. The molecule has 4 nitrogen and oxygen atoms in total. The summed E-state index contributed by atoms with van der Waals surface area (Å²) in [6.07, 6.45) is 4.79. The van der Waals surface area contributed by atoms with Crippen LogP contribution < -0.4 is 5.32 Å². The molecule has 1 heterocycles. The average molecular weight is 266 g/mol. The van der Waals surface area contributed by atoms with E-state index in [0.29, 0.717) is 5.69 Å². The first-order chi connectivity index (χ1) is 9.65. The quantitative estimate of drug-likeness (QED) is 0.683. The van der Waals surface area contributed by atoms with Crippen LogP contribution in [-0.2, 0) is 4.79 Å². The van der Waals surface area contributed by atoms with Gasteiger partial charge in [0.25, 0.3) is 0 Å². The third kappa shape index (κ3) is 3.88. The molecule has 1 aromatic carbocycles. The first-order valence-electron chi connectivity index (χ1n) is 6.16. The zero-order chi connectivity index (χ0) is 14.4. The van der Waals surface area contributed by atoms with Crippen LogP contribution in [0.3, 0.4) is 0 Å². The maximum absolute atomic E-state index is 11.8. The summed E-state index contributed by atoms with van der Waals surface area (Å²) in [7, 11) is 0. The number of benzene rings is 1. The van der Waals surface area contributed by atoms with E-state index in [2.05, 4.69) is 10.3 Å². The molecule has 0 atom stereocenters. The third-order valence-electron chi connectivity index (χ3n) is 2.58. The van der Waals surface area contributed by atoms with E-state index in [4.69, 9.17) is 0 Å². The van der Waals surface area contributed by atoms with Crippen LogP contribution >= 0.6 is 0 Å². The van der Waals surface area contributed by atoms with Gasteiger partial charge in [0.2, 0.25) is 11.7 Å². The molecule has 2 aromatic rings. The van der Waals surface area contributed by atoms with Gasteiger partial charge in [-0.15, -0.1) is 0 Å². The van der Waals surface area contributed by atoms with Crippen molar-refractivity contribution in [2.75, 3.05) is 5.32 Å². The number of carbonyl (C=O) groups is 2. The molecule has 4 heteroatoms. The van der Waals surface area contributed by atoms with E-state index in [9.17, 15) is 9.59 Å². The number of rotatable bonds is 4. The molecule has 0 fully saturated rings. The molecule has 0 spiro atoms. The molecule has 2 rings (SSSR count). The van der Waals surface area contributed by atoms with Crippen LogP contribution in [0.25, 0.3) is 6.08 Å². The van der Waals surface area contributed by atoms with Crippen molar-refractivity contribution in [2.24, 2.45) is 0 Å². The van der Waals surface area contributed by atoms with E-state index >= 15 is 0 Å². The van der Waals surface area contributed by atoms with Crippen molar-refractivity contribution in [2.45, 2.75) is 6.92 Å². The highest BCUT2D eigenvalue weighted by atomic mass is 16.1. The Labute approximate surface area is 117 Å². The number of aromatic nitrogens is 1. The Morgan fingerprint density at radius 3 is 2.45 bits per heavy atom. The second-order valence-corrected chi connectivity index (χ2v) is 4.22. The number of nitrogens with one attached hydrogen (secondary N) is 1. The largest absolute Gasteiger partial charge is 0.326 e. The Kier molecular flexibility index (Phi) is 4.39. The molecule has 0 aliphatic rings. The molecule has 1 N–H and O–H groups in total. The van der Waals surface area contributed by atoms with E-state index in [1.807, 2.05) is 12.1 Å². The van der Waals surface area contributed by atoms with Crippen LogP contribution in [-0.4, -0.2) is 16.7 Å². The average Bonchev–Trinajstić information content (AvgIpc) is 2.46. The van der Waals surface area contributed by atoms with Crippen molar-refractivity contribution < 1.29 is 9.59 Å². The lowest BCUT2D eigenvalue weighted by Gasteiger charge is -2.01. The van der Waals surface area contributed by atoms with Crippen molar-refractivity contribution >= 4 is 23.5 Å². The van der Waals surface area contributed by atoms with Crippen LogP contribution in [0, 0.1) is 0 Å². The molecule has 0 bridgehead atoms. The van der Waals surface area contributed by atoms with Crippen LogP contribution in [0.15, 0.2) is 54.7 Å². The molecule has 0 radical (unpaired) electrons. The lowest BCUT2D eigenvalue weighted by Crippen LogP contribution is -2.05. The topological polar surface area (TPSA) is 59.1 Å². The van der Waals surface area contributed by atoms with Crippen LogP contribution in [0.5, 0.6) is 0 Å². The smallest absolute Gasteiger partial charge is 0.221 e. The summed E-state index contributed by atoms with van der Waals surface area (Å²) < 4.78 is 0. The summed E-state index contributed by atoms with van der Waals surface area (Å²) in [5, 5.41) is 2.68. The maximum atomic E-state index is 11.8. The van der Waals surface area contributed by atoms with E-state index in [1.54, 1.807) is 42.6 Å². The minimum absolute atomic E-state index is 0.112. The standard InChI is InChI=1S/C16H14N2O2/c1-12(19)18-14-8-5-13(6-9-14)7-10-16(20)15-4-2-3-11-17-15/h2-11H,1H3,(H,18,19). The molecule has 0 unspecified atom stereocenters. The molecule has 0 aliphatic carbocycles. The SMILES string of the molecule is CC(=O)Nc1ccc(C=CC(=O)c2ccccn2)cc1. The summed E-state index contributed by atoms with van der Waals surface area (Å²) in [5.74, 6) is -0.254. The van der Waals surface area contributed by atoms with Crippen LogP contribution in [0.4, 0.5) is 5.69 Å². The predicted octanol–water partition coefficient (Wildman–Crippen LogP) is 2.94. The van der Waals surface area contributed by atoms with Crippen LogP contribution in [0.1, 0.15) is 23.0 Å². The van der Waals surface area contributed by atoms with Crippen molar-refractivity contribution in [3.05, 3.63) is 66.0 Å². The Morgan fingerprint density at radius 1 is 1.10 bits per heavy atom. The molecule has 20 heavy (non-hydrogen) atoms. The normalized spacial score (nSPS) is 10.4. The molecule has 1 amide bonds. The number of amides is 1. The first-order valence-corrected chi connectivity index (χ1v) is 6.16. The van der Waals surface area contributed by atoms with Crippen molar-refractivity contribution in [3.8, 4) is 0 Å². The number of anilines is 1. The number of carbonyl (C=O) groups excluding carboxylic acids is 2. The van der Waals surface area contributed by atoms with Crippen molar-refractivity contribution in [3.63, 3.8) is 0 Å². The van der Waals surface area contributed by atoms with Gasteiger partial charge in [0, 0.05) is 18.8 Å². The van der Waals surface area contributed by atoms with E-state index < -0.39 is 0 Å².